The summed E-state index contributed by atoms with van der Waals surface area (Å²) in [7, 11) is 0. The molecule has 7 heteroatoms. The Bertz CT molecular complexity index is 962. The van der Waals surface area contributed by atoms with Gasteiger partial charge in [-0.15, -0.1) is 11.3 Å². The number of nitrogens with zero attached hydrogens (tertiary/aromatic N) is 1. The fraction of sp³-hybridized carbons (Fsp3) is 0.381. The van der Waals surface area contributed by atoms with Gasteiger partial charge in [0.05, 0.1) is 17.5 Å². The lowest BCUT2D eigenvalue weighted by molar-refractivity contribution is -0.148. The molecule has 0 saturated heterocycles. The van der Waals surface area contributed by atoms with Crippen molar-refractivity contribution in [2.24, 2.45) is 23.7 Å². The molecule has 2 bridgehead atoms. The zero-order valence-corrected chi connectivity index (χ0v) is 16.4. The Hall–Kier alpha value is -2.54. The van der Waals surface area contributed by atoms with Crippen LogP contribution in [-0.2, 0) is 9.59 Å². The fourth-order valence-corrected chi connectivity index (χ4v) is 5.60. The number of benzene rings is 1. The highest BCUT2D eigenvalue weighted by Gasteiger charge is 2.57. The molecule has 2 fully saturated rings. The molecule has 2 aromatic rings. The molecular formula is C21H21FN2O3S. The highest BCUT2D eigenvalue weighted by atomic mass is 32.1. The molecule has 0 spiro atoms. The molecule has 0 radical (unpaired) electrons. The van der Waals surface area contributed by atoms with E-state index in [4.69, 9.17) is 0 Å². The first-order valence-corrected chi connectivity index (χ1v) is 10.2. The van der Waals surface area contributed by atoms with E-state index in [-0.39, 0.29) is 23.6 Å². The predicted octanol–water partition coefficient (Wildman–Crippen LogP) is 4.58. The number of amides is 1. The van der Waals surface area contributed by atoms with E-state index in [1.165, 1.54) is 23.5 Å². The van der Waals surface area contributed by atoms with Gasteiger partial charge in [0.15, 0.2) is 5.13 Å². The van der Waals surface area contributed by atoms with Crippen molar-refractivity contribution in [2.45, 2.75) is 26.7 Å². The van der Waals surface area contributed by atoms with Crippen LogP contribution in [0.15, 0.2) is 40.8 Å². The number of nitrogens with one attached hydrogen (secondary N) is 1. The number of carbonyl (C=O) groups is 2. The van der Waals surface area contributed by atoms with Crippen LogP contribution < -0.4 is 5.32 Å². The van der Waals surface area contributed by atoms with Crippen molar-refractivity contribution in [3.63, 3.8) is 0 Å². The summed E-state index contributed by atoms with van der Waals surface area (Å²) in [6.45, 7) is 3.99. The van der Waals surface area contributed by atoms with Crippen LogP contribution in [0, 0.1) is 29.5 Å². The summed E-state index contributed by atoms with van der Waals surface area (Å²) in [4.78, 5) is 29.3. The summed E-state index contributed by atoms with van der Waals surface area (Å²) in [5.41, 5.74) is 3.68. The van der Waals surface area contributed by atoms with Crippen molar-refractivity contribution in [1.29, 1.82) is 0 Å². The minimum absolute atomic E-state index is 0.00682. The summed E-state index contributed by atoms with van der Waals surface area (Å²) < 4.78 is 13.1. The number of fused-ring (bicyclic) bond motifs is 2. The fourth-order valence-electron chi connectivity index (χ4n) is 4.88. The van der Waals surface area contributed by atoms with Gasteiger partial charge in [-0.2, -0.15) is 0 Å². The molecule has 2 N–H and O–H groups in total. The highest BCUT2D eigenvalue weighted by Crippen LogP contribution is 2.57. The second kappa shape index (κ2) is 7.13. The van der Waals surface area contributed by atoms with Crippen molar-refractivity contribution < 1.29 is 19.1 Å². The minimum Gasteiger partial charge on any atom is -0.481 e. The average Bonchev–Trinajstić information content (AvgIpc) is 3.35. The number of halogens is 1. The molecule has 28 heavy (non-hydrogen) atoms. The van der Waals surface area contributed by atoms with E-state index in [1.54, 1.807) is 17.5 Å². The molecule has 4 atom stereocenters. The van der Waals surface area contributed by atoms with Gasteiger partial charge in [0, 0.05) is 10.9 Å². The molecule has 5 nitrogen and oxygen atoms in total. The maximum absolute atomic E-state index is 13.1. The van der Waals surface area contributed by atoms with Gasteiger partial charge in [-0.3, -0.25) is 9.59 Å². The zero-order valence-electron chi connectivity index (χ0n) is 15.6. The Morgan fingerprint density at radius 2 is 1.79 bits per heavy atom. The van der Waals surface area contributed by atoms with Crippen LogP contribution in [0.5, 0.6) is 0 Å². The number of hydrogen-bond donors (Lipinski definition) is 2. The summed E-state index contributed by atoms with van der Waals surface area (Å²) in [6.07, 6.45) is 1.68. The van der Waals surface area contributed by atoms with E-state index in [0.29, 0.717) is 10.8 Å². The number of anilines is 1. The topological polar surface area (TPSA) is 79.3 Å². The van der Waals surface area contributed by atoms with Gasteiger partial charge in [-0.25, -0.2) is 9.37 Å². The van der Waals surface area contributed by atoms with Crippen molar-refractivity contribution in [3.05, 3.63) is 46.6 Å². The highest BCUT2D eigenvalue weighted by molar-refractivity contribution is 7.14. The molecule has 146 valence electrons. The molecule has 4 rings (SSSR count). The molecule has 1 heterocycles. The lowest BCUT2D eigenvalue weighted by Gasteiger charge is -2.25. The number of carboxylic acids is 1. The number of aromatic nitrogens is 1. The Balaban J connectivity index is 1.56. The molecule has 0 unspecified atom stereocenters. The number of allylic oxidation sites excluding steroid dienone is 2. The molecule has 1 aromatic heterocycles. The second-order valence-corrected chi connectivity index (χ2v) is 8.53. The van der Waals surface area contributed by atoms with Gasteiger partial charge in [-0.05, 0) is 62.8 Å². The third-order valence-corrected chi connectivity index (χ3v) is 6.64. The molecular weight excluding hydrogens is 379 g/mol. The lowest BCUT2D eigenvalue weighted by Crippen LogP contribution is -2.37. The van der Waals surface area contributed by atoms with E-state index in [2.05, 4.69) is 10.3 Å². The van der Waals surface area contributed by atoms with Crippen LogP contribution in [0.4, 0.5) is 9.52 Å². The number of aliphatic carboxylic acids is 1. The van der Waals surface area contributed by atoms with Crippen LogP contribution in [0.25, 0.3) is 11.3 Å². The zero-order chi connectivity index (χ0) is 20.0. The van der Waals surface area contributed by atoms with Crippen LogP contribution >= 0.6 is 11.3 Å². The largest absolute Gasteiger partial charge is 0.481 e. The molecule has 1 aromatic carbocycles. The number of hydrogen-bond acceptors (Lipinski definition) is 4. The van der Waals surface area contributed by atoms with E-state index in [1.807, 2.05) is 13.8 Å². The number of thiazole rings is 1. The van der Waals surface area contributed by atoms with Crippen LogP contribution in [0.1, 0.15) is 26.7 Å². The third-order valence-electron chi connectivity index (χ3n) is 5.88. The number of carboxylic acid groups (broad SMARTS) is 1. The van der Waals surface area contributed by atoms with Gasteiger partial charge in [0.25, 0.3) is 0 Å². The summed E-state index contributed by atoms with van der Waals surface area (Å²) in [6, 6.07) is 5.99. The van der Waals surface area contributed by atoms with Crippen molar-refractivity contribution >= 4 is 28.3 Å². The van der Waals surface area contributed by atoms with Gasteiger partial charge in [-0.1, -0.05) is 11.1 Å². The maximum atomic E-state index is 13.1. The minimum atomic E-state index is -0.905. The van der Waals surface area contributed by atoms with Crippen molar-refractivity contribution in [3.8, 4) is 11.3 Å². The summed E-state index contributed by atoms with van der Waals surface area (Å²) in [5, 5.41) is 14.8. The lowest BCUT2D eigenvalue weighted by atomic mass is 9.79. The predicted molar refractivity (Wildman–Crippen MR) is 105 cm³/mol. The van der Waals surface area contributed by atoms with Crippen LogP contribution in [0.3, 0.4) is 0 Å². The van der Waals surface area contributed by atoms with Crippen molar-refractivity contribution in [1.82, 2.24) is 4.98 Å². The van der Waals surface area contributed by atoms with E-state index >= 15 is 0 Å². The first-order valence-electron chi connectivity index (χ1n) is 9.29. The molecule has 2 aliphatic rings. The SMILES string of the molecule is CC(C)=C1[C@@H]2CC[C@@H]1[C@@H](C(=O)Nc1nc(-c3ccc(F)cc3)cs1)[C@H]2C(=O)O. The maximum Gasteiger partial charge on any atom is 0.307 e. The van der Waals surface area contributed by atoms with Gasteiger partial charge >= 0.3 is 5.97 Å². The normalized spacial score (nSPS) is 25.8. The Morgan fingerprint density at radius 1 is 1.14 bits per heavy atom. The monoisotopic (exact) mass is 400 g/mol. The van der Waals surface area contributed by atoms with Crippen LogP contribution in [0.2, 0.25) is 0 Å². The first kappa shape index (κ1) is 18.8. The molecule has 2 saturated carbocycles. The third kappa shape index (κ3) is 3.13. The second-order valence-electron chi connectivity index (χ2n) is 7.67. The first-order chi connectivity index (χ1) is 13.4. The molecule has 2 aliphatic carbocycles. The van der Waals surface area contributed by atoms with E-state index in [9.17, 15) is 19.1 Å². The average molecular weight is 400 g/mol. The Morgan fingerprint density at radius 3 is 2.39 bits per heavy atom. The van der Waals surface area contributed by atoms with Gasteiger partial charge in [0.2, 0.25) is 5.91 Å². The quantitative estimate of drug-likeness (QED) is 0.736. The Labute approximate surface area is 166 Å². The van der Waals surface area contributed by atoms with E-state index in [0.717, 1.165) is 29.6 Å². The van der Waals surface area contributed by atoms with Crippen molar-refractivity contribution in [2.75, 3.05) is 5.32 Å². The van der Waals surface area contributed by atoms with Crippen LogP contribution in [-0.4, -0.2) is 22.0 Å². The smallest absolute Gasteiger partial charge is 0.307 e. The van der Waals surface area contributed by atoms with Gasteiger partial charge in [0.1, 0.15) is 5.82 Å². The molecule has 1 amide bonds. The standard InChI is InChI=1S/C21H21FN2O3S/c1-10(2)16-13-7-8-14(16)18(20(26)27)17(13)19(25)24-21-23-15(9-28-21)11-3-5-12(22)6-4-11/h3-6,9,13-14,17-18H,7-8H2,1-2H3,(H,26,27)(H,23,24,25)/t13-,14-,17+,18-/m0/s1. The van der Waals surface area contributed by atoms with Gasteiger partial charge < -0.3 is 10.4 Å². The number of carbonyl (C=O) groups excluding carboxylic acids is 1. The molecule has 0 aliphatic heterocycles. The summed E-state index contributed by atoms with van der Waals surface area (Å²) in [5.74, 6) is -2.81. The number of rotatable bonds is 4. The summed E-state index contributed by atoms with van der Waals surface area (Å²) >= 11 is 1.28. The van der Waals surface area contributed by atoms with E-state index < -0.39 is 17.8 Å². The Kier molecular flexibility index (Phi) is 4.79.